The van der Waals surface area contributed by atoms with Crippen LogP contribution in [0.25, 0.3) is 0 Å². The molecule has 0 heterocycles. The monoisotopic (exact) mass is 271 g/mol. The second-order valence-electron chi connectivity index (χ2n) is 6.86. The molecule has 3 rings (SSSR count). The predicted molar refractivity (Wildman–Crippen MR) is 86.0 cm³/mol. The van der Waals surface area contributed by atoms with Crippen molar-refractivity contribution in [3.05, 3.63) is 35.9 Å². The average Bonchev–Trinajstić information content (AvgIpc) is 3.19. The van der Waals surface area contributed by atoms with Gasteiger partial charge in [-0.3, -0.25) is 0 Å². The Morgan fingerprint density at radius 2 is 1.85 bits per heavy atom. The molecule has 0 aliphatic heterocycles. The van der Waals surface area contributed by atoms with Crippen LogP contribution >= 0.6 is 0 Å². The Morgan fingerprint density at radius 3 is 2.45 bits per heavy atom. The molecule has 2 saturated carbocycles. The second kappa shape index (κ2) is 6.30. The summed E-state index contributed by atoms with van der Waals surface area (Å²) in [7, 11) is 0. The van der Waals surface area contributed by atoms with Gasteiger partial charge in [0.05, 0.1) is 0 Å². The topological polar surface area (TPSA) is 12.0 Å². The van der Waals surface area contributed by atoms with E-state index in [1.165, 1.54) is 51.4 Å². The van der Waals surface area contributed by atoms with Gasteiger partial charge in [0.2, 0.25) is 0 Å². The third-order valence-electron chi connectivity index (χ3n) is 5.52. The Morgan fingerprint density at radius 1 is 1.15 bits per heavy atom. The zero-order chi connectivity index (χ0) is 13.8. The van der Waals surface area contributed by atoms with E-state index in [1.807, 2.05) is 0 Å². The number of hydrogen-bond donors (Lipinski definition) is 1. The molecule has 110 valence electrons. The van der Waals surface area contributed by atoms with Gasteiger partial charge >= 0.3 is 0 Å². The van der Waals surface area contributed by atoms with Crippen LogP contribution in [0.15, 0.2) is 30.3 Å². The van der Waals surface area contributed by atoms with Crippen LogP contribution in [0.2, 0.25) is 0 Å². The first-order valence-electron chi connectivity index (χ1n) is 8.64. The molecule has 0 aromatic heterocycles. The minimum Gasteiger partial charge on any atom is -0.313 e. The molecular weight excluding hydrogens is 242 g/mol. The Kier molecular flexibility index (Phi) is 4.45. The zero-order valence-electron chi connectivity index (χ0n) is 12.9. The van der Waals surface area contributed by atoms with Crippen LogP contribution in [0, 0.1) is 5.92 Å². The normalized spacial score (nSPS) is 22.9. The summed E-state index contributed by atoms with van der Waals surface area (Å²) in [6.07, 6.45) is 11.3. The predicted octanol–water partition coefficient (Wildman–Crippen LogP) is 4.67. The van der Waals surface area contributed by atoms with Gasteiger partial charge < -0.3 is 5.32 Å². The van der Waals surface area contributed by atoms with Gasteiger partial charge in [0, 0.05) is 11.5 Å². The van der Waals surface area contributed by atoms with Gasteiger partial charge in [-0.1, -0.05) is 62.9 Å². The lowest BCUT2D eigenvalue weighted by Crippen LogP contribution is -2.47. The summed E-state index contributed by atoms with van der Waals surface area (Å²) in [6, 6.07) is 12.0. The van der Waals surface area contributed by atoms with Crippen LogP contribution in [-0.4, -0.2) is 12.6 Å². The molecule has 1 aromatic rings. The number of likely N-dealkylation sites (N-methyl/N-ethyl adjacent to an activating group) is 1. The van der Waals surface area contributed by atoms with Crippen molar-refractivity contribution in [2.24, 2.45) is 5.92 Å². The van der Waals surface area contributed by atoms with Crippen LogP contribution in [-0.2, 0) is 5.41 Å². The van der Waals surface area contributed by atoms with Crippen molar-refractivity contribution < 1.29 is 0 Å². The van der Waals surface area contributed by atoms with E-state index >= 15 is 0 Å². The number of rotatable bonds is 7. The van der Waals surface area contributed by atoms with E-state index in [-0.39, 0.29) is 0 Å². The molecule has 2 aliphatic carbocycles. The van der Waals surface area contributed by atoms with Gasteiger partial charge in [0.1, 0.15) is 0 Å². The molecule has 1 aromatic carbocycles. The van der Waals surface area contributed by atoms with Crippen molar-refractivity contribution >= 4 is 0 Å². The number of benzene rings is 1. The van der Waals surface area contributed by atoms with Gasteiger partial charge in [-0.05, 0) is 43.7 Å². The molecule has 0 spiro atoms. The highest BCUT2D eigenvalue weighted by atomic mass is 14.9. The molecule has 2 aliphatic rings. The van der Waals surface area contributed by atoms with E-state index in [9.17, 15) is 0 Å². The molecule has 20 heavy (non-hydrogen) atoms. The molecule has 0 amide bonds. The third-order valence-corrected chi connectivity index (χ3v) is 5.52. The Labute approximate surface area is 124 Å². The fraction of sp³-hybridized carbons (Fsp3) is 0.684. The van der Waals surface area contributed by atoms with Gasteiger partial charge in [-0.25, -0.2) is 0 Å². The highest BCUT2D eigenvalue weighted by molar-refractivity contribution is 5.29. The summed E-state index contributed by atoms with van der Waals surface area (Å²) in [4.78, 5) is 0. The average molecular weight is 271 g/mol. The van der Waals surface area contributed by atoms with Crippen LogP contribution in [0.3, 0.4) is 0 Å². The fourth-order valence-electron chi connectivity index (χ4n) is 4.24. The van der Waals surface area contributed by atoms with E-state index in [1.54, 1.807) is 5.56 Å². The molecule has 1 unspecified atom stereocenters. The van der Waals surface area contributed by atoms with Crippen molar-refractivity contribution in [2.75, 3.05) is 6.54 Å². The first-order valence-corrected chi connectivity index (χ1v) is 8.64. The van der Waals surface area contributed by atoms with Gasteiger partial charge in [-0.15, -0.1) is 0 Å². The van der Waals surface area contributed by atoms with Crippen molar-refractivity contribution in [3.8, 4) is 0 Å². The van der Waals surface area contributed by atoms with Gasteiger partial charge in [0.15, 0.2) is 0 Å². The number of hydrogen-bond acceptors (Lipinski definition) is 1. The van der Waals surface area contributed by atoms with Crippen LogP contribution in [0.5, 0.6) is 0 Å². The minimum absolute atomic E-state index is 0.409. The first kappa shape index (κ1) is 14.1. The third kappa shape index (κ3) is 2.93. The Hall–Kier alpha value is -0.820. The molecule has 1 nitrogen and oxygen atoms in total. The molecule has 0 bridgehead atoms. The summed E-state index contributed by atoms with van der Waals surface area (Å²) >= 11 is 0. The maximum Gasteiger partial charge on any atom is 0.0164 e. The Balaban J connectivity index is 1.81. The smallest absolute Gasteiger partial charge is 0.0164 e. The van der Waals surface area contributed by atoms with Crippen LogP contribution in [0.1, 0.15) is 63.9 Å². The van der Waals surface area contributed by atoms with Crippen LogP contribution < -0.4 is 5.32 Å². The fourth-order valence-corrected chi connectivity index (χ4v) is 4.24. The summed E-state index contributed by atoms with van der Waals surface area (Å²) in [5.41, 5.74) is 1.99. The lowest BCUT2D eigenvalue weighted by atomic mass is 9.71. The molecule has 1 N–H and O–H groups in total. The van der Waals surface area contributed by atoms with Crippen molar-refractivity contribution in [3.63, 3.8) is 0 Å². The molecule has 0 saturated heterocycles. The lowest BCUT2D eigenvalue weighted by molar-refractivity contribution is 0.277. The first-order chi connectivity index (χ1) is 9.85. The van der Waals surface area contributed by atoms with E-state index in [4.69, 9.17) is 0 Å². The quantitative estimate of drug-likeness (QED) is 0.760. The van der Waals surface area contributed by atoms with Crippen molar-refractivity contribution in [1.82, 2.24) is 5.32 Å². The number of nitrogens with one attached hydrogen (secondary N) is 1. The standard InChI is InChI=1S/C19H29N/c1-2-20-18(13-12-16-10-11-16)19(14-6-7-15-19)17-8-4-3-5-9-17/h3-5,8-9,16,18,20H,2,6-7,10-15H2,1H3. The zero-order valence-corrected chi connectivity index (χ0v) is 12.9. The maximum atomic E-state index is 3.85. The largest absolute Gasteiger partial charge is 0.313 e. The van der Waals surface area contributed by atoms with E-state index in [0.29, 0.717) is 11.5 Å². The summed E-state index contributed by atoms with van der Waals surface area (Å²) in [5.74, 6) is 1.05. The van der Waals surface area contributed by atoms with E-state index < -0.39 is 0 Å². The van der Waals surface area contributed by atoms with Crippen LogP contribution in [0.4, 0.5) is 0 Å². The lowest BCUT2D eigenvalue weighted by Gasteiger charge is -2.39. The highest BCUT2D eigenvalue weighted by Gasteiger charge is 2.42. The van der Waals surface area contributed by atoms with E-state index in [0.717, 1.165) is 12.5 Å². The van der Waals surface area contributed by atoms with Gasteiger partial charge in [0.25, 0.3) is 0 Å². The maximum absolute atomic E-state index is 3.85. The molecule has 1 heteroatoms. The second-order valence-corrected chi connectivity index (χ2v) is 6.86. The summed E-state index contributed by atoms with van der Waals surface area (Å²) in [6.45, 7) is 3.36. The minimum atomic E-state index is 0.409. The summed E-state index contributed by atoms with van der Waals surface area (Å²) < 4.78 is 0. The SMILES string of the molecule is CCNC(CCC1CC1)C1(c2ccccc2)CCCC1. The molecule has 0 radical (unpaired) electrons. The van der Waals surface area contributed by atoms with Crippen molar-refractivity contribution in [1.29, 1.82) is 0 Å². The molecule has 1 atom stereocenters. The van der Waals surface area contributed by atoms with Gasteiger partial charge in [-0.2, -0.15) is 0 Å². The van der Waals surface area contributed by atoms with Crippen molar-refractivity contribution in [2.45, 2.75) is 69.7 Å². The van der Waals surface area contributed by atoms with E-state index in [2.05, 4.69) is 42.6 Å². The summed E-state index contributed by atoms with van der Waals surface area (Å²) in [5, 5.41) is 3.85. The Bertz CT molecular complexity index is 401. The highest BCUT2D eigenvalue weighted by Crippen LogP contribution is 2.46. The molecule has 2 fully saturated rings. The molecular formula is C19H29N.